The van der Waals surface area contributed by atoms with Gasteiger partial charge < -0.3 is 9.42 Å². The fraction of sp³-hybridized carbons (Fsp3) is 0.389. The molecule has 3 heterocycles. The van der Waals surface area contributed by atoms with Crippen molar-refractivity contribution in [2.24, 2.45) is 0 Å². The van der Waals surface area contributed by atoms with Gasteiger partial charge in [0, 0.05) is 25.4 Å². The van der Waals surface area contributed by atoms with Crippen molar-refractivity contribution < 1.29 is 9.32 Å². The van der Waals surface area contributed by atoms with Crippen LogP contribution in [0.4, 0.5) is 0 Å². The van der Waals surface area contributed by atoms with Gasteiger partial charge in [-0.15, -0.1) is 11.3 Å². The molecule has 1 fully saturated rings. The molecule has 25 heavy (non-hydrogen) atoms. The molecule has 1 saturated carbocycles. The zero-order chi connectivity index (χ0) is 17.1. The summed E-state index contributed by atoms with van der Waals surface area (Å²) < 4.78 is 5.30. The van der Waals surface area contributed by atoms with E-state index < -0.39 is 0 Å². The number of amides is 1. The fourth-order valence-electron chi connectivity index (χ4n) is 2.78. The Hall–Kier alpha value is -1.99. The van der Waals surface area contributed by atoms with Crippen molar-refractivity contribution >= 4 is 28.6 Å². The summed E-state index contributed by atoms with van der Waals surface area (Å²) in [7, 11) is 0. The highest BCUT2D eigenvalue weighted by molar-refractivity contribution is 7.13. The summed E-state index contributed by atoms with van der Waals surface area (Å²) >= 11 is 3.27. The predicted molar refractivity (Wildman–Crippen MR) is 98.4 cm³/mol. The number of thiophene rings is 2. The summed E-state index contributed by atoms with van der Waals surface area (Å²) in [6.45, 7) is 0.732. The van der Waals surface area contributed by atoms with Crippen LogP contribution in [-0.2, 0) is 17.8 Å². The van der Waals surface area contributed by atoms with Gasteiger partial charge in [-0.25, -0.2) is 0 Å². The van der Waals surface area contributed by atoms with Crippen LogP contribution in [0.5, 0.6) is 0 Å². The Bertz CT molecular complexity index is 807. The first kappa shape index (κ1) is 16.5. The van der Waals surface area contributed by atoms with Gasteiger partial charge in [0.25, 0.3) is 0 Å². The summed E-state index contributed by atoms with van der Waals surface area (Å²) in [5, 5.41) is 10.2. The van der Waals surface area contributed by atoms with Crippen molar-refractivity contribution in [1.29, 1.82) is 0 Å². The largest absolute Gasteiger partial charge is 0.339 e. The van der Waals surface area contributed by atoms with Crippen molar-refractivity contribution in [3.63, 3.8) is 0 Å². The first-order valence-corrected chi connectivity index (χ1v) is 10.3. The molecule has 0 aromatic carbocycles. The molecule has 130 valence electrons. The van der Waals surface area contributed by atoms with Gasteiger partial charge in [-0.1, -0.05) is 11.2 Å². The normalized spacial score (nSPS) is 13.9. The van der Waals surface area contributed by atoms with E-state index in [1.807, 2.05) is 22.4 Å². The van der Waals surface area contributed by atoms with Crippen LogP contribution < -0.4 is 0 Å². The molecule has 1 aliphatic rings. The third-order valence-corrected chi connectivity index (χ3v) is 5.83. The molecule has 0 radical (unpaired) electrons. The van der Waals surface area contributed by atoms with Crippen LogP contribution in [-0.4, -0.2) is 27.0 Å². The van der Waals surface area contributed by atoms with E-state index in [0.29, 0.717) is 30.6 Å². The Balaban J connectivity index is 1.29. The van der Waals surface area contributed by atoms with Gasteiger partial charge >= 0.3 is 0 Å². The number of nitrogens with zero attached hydrogens (tertiary/aromatic N) is 3. The second kappa shape index (κ2) is 7.49. The molecule has 0 spiro atoms. The lowest BCUT2D eigenvalue weighted by molar-refractivity contribution is -0.132. The van der Waals surface area contributed by atoms with E-state index in [9.17, 15) is 4.79 Å². The molecule has 0 unspecified atom stereocenters. The second-order valence-electron chi connectivity index (χ2n) is 6.23. The summed E-state index contributed by atoms with van der Waals surface area (Å²) in [5.74, 6) is 1.46. The molecule has 0 N–H and O–H groups in total. The minimum atomic E-state index is 0.228. The maximum atomic E-state index is 12.6. The van der Waals surface area contributed by atoms with Crippen LogP contribution in [0.15, 0.2) is 38.9 Å². The first-order valence-electron chi connectivity index (χ1n) is 8.46. The molecule has 1 aliphatic carbocycles. The molecule has 3 aromatic rings. The van der Waals surface area contributed by atoms with Gasteiger partial charge in [0.05, 0.1) is 4.88 Å². The van der Waals surface area contributed by atoms with Crippen LogP contribution >= 0.6 is 22.7 Å². The maximum Gasteiger partial charge on any atom is 0.226 e. The molecule has 5 nitrogen and oxygen atoms in total. The third kappa shape index (κ3) is 4.16. The van der Waals surface area contributed by atoms with Crippen molar-refractivity contribution in [2.45, 2.75) is 44.7 Å². The summed E-state index contributed by atoms with van der Waals surface area (Å²) in [6.07, 6.45) is 4.16. The Morgan fingerprint density at radius 3 is 2.96 bits per heavy atom. The van der Waals surface area contributed by atoms with Crippen molar-refractivity contribution in [1.82, 2.24) is 15.0 Å². The van der Waals surface area contributed by atoms with Crippen LogP contribution in [0, 0.1) is 0 Å². The summed E-state index contributed by atoms with van der Waals surface area (Å²) in [5.41, 5.74) is 1.22. The Morgan fingerprint density at radius 1 is 1.32 bits per heavy atom. The average molecular weight is 374 g/mol. The van der Waals surface area contributed by atoms with Crippen molar-refractivity contribution in [3.05, 3.63) is 45.8 Å². The highest BCUT2D eigenvalue weighted by Gasteiger charge is 2.32. The predicted octanol–water partition coefficient (Wildman–Crippen LogP) is 4.37. The highest BCUT2D eigenvalue weighted by Crippen LogP contribution is 2.29. The SMILES string of the molecule is O=C(CCCc1nc(-c2cccs2)no1)N(Cc1ccsc1)C1CC1. The Kier molecular flexibility index (Phi) is 4.94. The molecule has 1 amide bonds. The second-order valence-corrected chi connectivity index (χ2v) is 7.95. The van der Waals surface area contributed by atoms with Gasteiger partial charge in [-0.3, -0.25) is 4.79 Å². The lowest BCUT2D eigenvalue weighted by Gasteiger charge is -2.22. The molecule has 3 aromatic heterocycles. The molecule has 4 rings (SSSR count). The molecular weight excluding hydrogens is 354 g/mol. The lowest BCUT2D eigenvalue weighted by Crippen LogP contribution is -2.32. The minimum absolute atomic E-state index is 0.228. The van der Waals surface area contributed by atoms with E-state index in [4.69, 9.17) is 4.52 Å². The number of hydrogen-bond donors (Lipinski definition) is 0. The van der Waals surface area contributed by atoms with Gasteiger partial charge in [0.2, 0.25) is 17.6 Å². The smallest absolute Gasteiger partial charge is 0.226 e. The van der Waals surface area contributed by atoms with E-state index in [0.717, 1.165) is 30.7 Å². The number of carbonyl (C=O) groups is 1. The molecule has 0 saturated heterocycles. The maximum absolute atomic E-state index is 12.6. The van der Waals surface area contributed by atoms with E-state index in [-0.39, 0.29) is 5.91 Å². The van der Waals surface area contributed by atoms with Gasteiger partial charge in [0.15, 0.2) is 0 Å². The quantitative estimate of drug-likeness (QED) is 0.588. The summed E-state index contributed by atoms with van der Waals surface area (Å²) in [4.78, 5) is 20.0. The highest BCUT2D eigenvalue weighted by atomic mass is 32.1. The first-order chi connectivity index (χ1) is 12.3. The Labute approximate surface area is 154 Å². The zero-order valence-corrected chi connectivity index (χ0v) is 15.4. The number of hydrogen-bond acceptors (Lipinski definition) is 6. The number of aryl methyl sites for hydroxylation is 1. The van der Waals surface area contributed by atoms with Crippen LogP contribution in [0.2, 0.25) is 0 Å². The van der Waals surface area contributed by atoms with Crippen molar-refractivity contribution in [2.75, 3.05) is 0 Å². The van der Waals surface area contributed by atoms with E-state index >= 15 is 0 Å². The monoisotopic (exact) mass is 373 g/mol. The van der Waals surface area contributed by atoms with Gasteiger partial charge in [-0.05, 0) is 53.1 Å². The molecule has 0 atom stereocenters. The Morgan fingerprint density at radius 2 is 2.24 bits per heavy atom. The fourth-order valence-corrected chi connectivity index (χ4v) is 4.09. The van der Waals surface area contributed by atoms with Crippen LogP contribution in [0.3, 0.4) is 0 Å². The van der Waals surface area contributed by atoms with E-state index in [1.165, 1.54) is 5.56 Å². The zero-order valence-electron chi connectivity index (χ0n) is 13.8. The number of aromatic nitrogens is 2. The standard InChI is InChI=1S/C18H19N3O2S2/c22-17(21(14-6-7-14)11-13-8-10-24-12-13)5-1-4-16-19-18(20-23-16)15-3-2-9-25-15/h2-3,8-10,12,14H,1,4-7,11H2. The number of carbonyl (C=O) groups excluding carboxylic acids is 1. The van der Waals surface area contributed by atoms with Crippen molar-refractivity contribution in [3.8, 4) is 10.7 Å². The van der Waals surface area contributed by atoms with Crippen LogP contribution in [0.25, 0.3) is 10.7 Å². The summed E-state index contributed by atoms with van der Waals surface area (Å²) in [6, 6.07) is 6.47. The minimum Gasteiger partial charge on any atom is -0.339 e. The third-order valence-electron chi connectivity index (χ3n) is 4.23. The lowest BCUT2D eigenvalue weighted by atomic mass is 10.2. The van der Waals surface area contributed by atoms with E-state index in [2.05, 4.69) is 27.0 Å². The number of rotatable bonds is 8. The van der Waals surface area contributed by atoms with Crippen LogP contribution in [0.1, 0.15) is 37.1 Å². The van der Waals surface area contributed by atoms with Gasteiger partial charge in [0.1, 0.15) is 0 Å². The topological polar surface area (TPSA) is 59.2 Å². The van der Waals surface area contributed by atoms with Gasteiger partial charge in [-0.2, -0.15) is 16.3 Å². The molecule has 0 aliphatic heterocycles. The average Bonchev–Trinajstić information content (AvgIpc) is 3.05. The molecular formula is C18H19N3O2S2. The molecule has 7 heteroatoms. The molecule has 0 bridgehead atoms. The van der Waals surface area contributed by atoms with E-state index in [1.54, 1.807) is 22.7 Å².